The Hall–Kier alpha value is -4.38. The molecule has 1 amide bonds. The lowest BCUT2D eigenvalue weighted by Crippen LogP contribution is -2.31. The highest BCUT2D eigenvalue weighted by Crippen LogP contribution is 2.23. The fourth-order valence-corrected chi connectivity index (χ4v) is 3.95. The highest BCUT2D eigenvalue weighted by Gasteiger charge is 2.22. The van der Waals surface area contributed by atoms with Crippen LogP contribution in [-0.2, 0) is 13.0 Å². The summed E-state index contributed by atoms with van der Waals surface area (Å²) >= 11 is 0. The Kier molecular flexibility index (Phi) is 6.34. The summed E-state index contributed by atoms with van der Waals surface area (Å²) in [6.07, 6.45) is 0.611. The van der Waals surface area contributed by atoms with Gasteiger partial charge in [0.1, 0.15) is 18.2 Å². The number of nitrogens with zero attached hydrogens (tertiary/aromatic N) is 1. The molecule has 2 N–H and O–H groups in total. The van der Waals surface area contributed by atoms with Crippen molar-refractivity contribution < 1.29 is 9.53 Å². The first-order valence-electron chi connectivity index (χ1n) is 11.3. The molecule has 0 aliphatic carbocycles. The van der Waals surface area contributed by atoms with Gasteiger partial charge in [-0.05, 0) is 41.8 Å². The van der Waals surface area contributed by atoms with Crippen molar-refractivity contribution in [2.75, 3.05) is 0 Å². The minimum absolute atomic E-state index is 0.204. The molecule has 4 aromatic carbocycles. The summed E-state index contributed by atoms with van der Waals surface area (Å²) < 4.78 is 6.01. The number of ether oxygens (including phenoxy) is 1. The van der Waals surface area contributed by atoms with E-state index in [1.54, 1.807) is 6.07 Å². The quantitative estimate of drug-likeness (QED) is 0.313. The number of para-hydroxylation sites is 3. The average Bonchev–Trinajstić information content (AvgIpc) is 3.33. The third kappa shape index (κ3) is 4.99. The third-order valence-corrected chi connectivity index (χ3v) is 5.69. The van der Waals surface area contributed by atoms with Gasteiger partial charge in [0, 0.05) is 0 Å². The predicted octanol–water partition coefficient (Wildman–Crippen LogP) is 5.86. The number of amides is 1. The van der Waals surface area contributed by atoms with Gasteiger partial charge >= 0.3 is 0 Å². The number of rotatable bonds is 8. The van der Waals surface area contributed by atoms with Crippen LogP contribution in [0.5, 0.6) is 5.75 Å². The molecule has 1 heterocycles. The lowest BCUT2D eigenvalue weighted by molar-refractivity contribution is 0.0930. The first kappa shape index (κ1) is 21.5. The normalized spacial score (nSPS) is 11.8. The molecule has 34 heavy (non-hydrogen) atoms. The molecule has 0 spiro atoms. The lowest BCUT2D eigenvalue weighted by Gasteiger charge is -2.18. The van der Waals surface area contributed by atoms with E-state index in [2.05, 4.69) is 22.4 Å². The van der Waals surface area contributed by atoms with Gasteiger partial charge in [0.15, 0.2) is 0 Å². The zero-order valence-corrected chi connectivity index (χ0v) is 18.6. The maximum absolute atomic E-state index is 13.4. The van der Waals surface area contributed by atoms with Gasteiger partial charge in [-0.15, -0.1) is 0 Å². The van der Waals surface area contributed by atoms with Crippen molar-refractivity contribution in [2.24, 2.45) is 0 Å². The van der Waals surface area contributed by atoms with E-state index in [-0.39, 0.29) is 11.9 Å². The van der Waals surface area contributed by atoms with Gasteiger partial charge in [-0.1, -0.05) is 84.9 Å². The second kappa shape index (κ2) is 10.0. The molecule has 1 atom stereocenters. The summed E-state index contributed by atoms with van der Waals surface area (Å²) in [6, 6.07) is 34.9. The van der Waals surface area contributed by atoms with Crippen LogP contribution in [0.25, 0.3) is 11.0 Å². The molecule has 0 fully saturated rings. The zero-order chi connectivity index (χ0) is 23.2. The van der Waals surface area contributed by atoms with Crippen LogP contribution in [0.15, 0.2) is 109 Å². The number of imidazole rings is 1. The molecule has 0 radical (unpaired) electrons. The second-order valence-corrected chi connectivity index (χ2v) is 8.13. The van der Waals surface area contributed by atoms with E-state index in [0.717, 1.165) is 28.0 Å². The van der Waals surface area contributed by atoms with Crippen LogP contribution >= 0.6 is 0 Å². The molecule has 0 saturated heterocycles. The Morgan fingerprint density at radius 3 is 2.21 bits per heavy atom. The number of H-pyrrole nitrogens is 1. The van der Waals surface area contributed by atoms with E-state index in [1.807, 2.05) is 91.0 Å². The standard InChI is InChI=1S/C29H25N3O2/c33-29(23-15-7-10-18-27(23)34-20-22-13-5-2-6-14-22)32-26(19-21-11-3-1-4-12-21)28-30-24-16-8-9-17-25(24)31-28/h1-18,26H,19-20H2,(H,30,31)(H,32,33)/t26-/m0/s1. The van der Waals surface area contributed by atoms with Gasteiger partial charge in [-0.25, -0.2) is 4.98 Å². The van der Waals surface area contributed by atoms with E-state index in [1.165, 1.54) is 0 Å². The number of aromatic amines is 1. The molecule has 5 heteroatoms. The van der Waals surface area contributed by atoms with Crippen LogP contribution in [0.3, 0.4) is 0 Å². The summed E-state index contributed by atoms with van der Waals surface area (Å²) in [6.45, 7) is 0.391. The summed E-state index contributed by atoms with van der Waals surface area (Å²) in [5.74, 6) is 1.07. The van der Waals surface area contributed by atoms with E-state index >= 15 is 0 Å². The molecular weight excluding hydrogens is 422 g/mol. The van der Waals surface area contributed by atoms with Crippen molar-refractivity contribution in [3.05, 3.63) is 132 Å². The monoisotopic (exact) mass is 447 g/mol. The number of hydrogen-bond donors (Lipinski definition) is 2. The van der Waals surface area contributed by atoms with E-state index in [9.17, 15) is 4.79 Å². The van der Waals surface area contributed by atoms with Crippen LogP contribution in [0.4, 0.5) is 0 Å². The first-order valence-corrected chi connectivity index (χ1v) is 11.3. The number of nitrogens with one attached hydrogen (secondary N) is 2. The molecular formula is C29H25N3O2. The van der Waals surface area contributed by atoms with Crippen LogP contribution in [0, 0.1) is 0 Å². The van der Waals surface area contributed by atoms with Gasteiger partial charge in [-0.3, -0.25) is 4.79 Å². The average molecular weight is 448 g/mol. The topological polar surface area (TPSA) is 67.0 Å². The maximum Gasteiger partial charge on any atom is 0.255 e. The number of hydrogen-bond acceptors (Lipinski definition) is 3. The van der Waals surface area contributed by atoms with Crippen molar-refractivity contribution in [2.45, 2.75) is 19.1 Å². The minimum Gasteiger partial charge on any atom is -0.488 e. The Bertz CT molecular complexity index is 1350. The van der Waals surface area contributed by atoms with Crippen molar-refractivity contribution in [1.82, 2.24) is 15.3 Å². The predicted molar refractivity (Wildman–Crippen MR) is 134 cm³/mol. The molecule has 0 bridgehead atoms. The van der Waals surface area contributed by atoms with Crippen molar-refractivity contribution in [3.63, 3.8) is 0 Å². The maximum atomic E-state index is 13.4. The highest BCUT2D eigenvalue weighted by atomic mass is 16.5. The molecule has 0 aliphatic heterocycles. The Balaban J connectivity index is 1.40. The summed E-state index contributed by atoms with van der Waals surface area (Å²) in [5, 5.41) is 3.18. The zero-order valence-electron chi connectivity index (χ0n) is 18.6. The fourth-order valence-electron chi connectivity index (χ4n) is 3.95. The number of carbonyl (C=O) groups excluding carboxylic acids is 1. The second-order valence-electron chi connectivity index (χ2n) is 8.13. The first-order chi connectivity index (χ1) is 16.8. The van der Waals surface area contributed by atoms with Gasteiger partial charge in [0.05, 0.1) is 22.6 Å². The van der Waals surface area contributed by atoms with Crippen molar-refractivity contribution in [1.29, 1.82) is 0 Å². The number of fused-ring (bicyclic) bond motifs is 1. The molecule has 0 unspecified atom stereocenters. The smallest absolute Gasteiger partial charge is 0.255 e. The fraction of sp³-hybridized carbons (Fsp3) is 0.103. The van der Waals surface area contributed by atoms with Crippen molar-refractivity contribution >= 4 is 16.9 Å². The molecule has 0 aliphatic rings. The SMILES string of the molecule is O=C(N[C@@H](Cc1ccccc1)c1nc2ccccc2[nH]1)c1ccccc1OCc1ccccc1. The van der Waals surface area contributed by atoms with Crippen LogP contribution < -0.4 is 10.1 Å². The van der Waals surface area contributed by atoms with Crippen molar-refractivity contribution in [3.8, 4) is 5.75 Å². The number of benzene rings is 4. The van der Waals surface area contributed by atoms with Gasteiger partial charge in [0.2, 0.25) is 0 Å². The van der Waals surface area contributed by atoms with E-state index < -0.39 is 0 Å². The van der Waals surface area contributed by atoms with Gasteiger partial charge in [-0.2, -0.15) is 0 Å². The van der Waals surface area contributed by atoms with Crippen LogP contribution in [-0.4, -0.2) is 15.9 Å². The highest BCUT2D eigenvalue weighted by molar-refractivity contribution is 5.97. The largest absolute Gasteiger partial charge is 0.488 e. The van der Waals surface area contributed by atoms with Gasteiger partial charge in [0.25, 0.3) is 5.91 Å². The summed E-state index contributed by atoms with van der Waals surface area (Å²) in [7, 11) is 0. The summed E-state index contributed by atoms with van der Waals surface area (Å²) in [4.78, 5) is 21.6. The number of aromatic nitrogens is 2. The molecule has 0 saturated carbocycles. The molecule has 5 rings (SSSR count). The lowest BCUT2D eigenvalue weighted by atomic mass is 10.0. The Morgan fingerprint density at radius 2 is 1.44 bits per heavy atom. The molecule has 168 valence electrons. The molecule has 1 aromatic heterocycles. The van der Waals surface area contributed by atoms with E-state index in [4.69, 9.17) is 9.72 Å². The molecule has 5 nitrogen and oxygen atoms in total. The minimum atomic E-state index is -0.329. The third-order valence-electron chi connectivity index (χ3n) is 5.69. The van der Waals surface area contributed by atoms with Crippen LogP contribution in [0.2, 0.25) is 0 Å². The van der Waals surface area contributed by atoms with Crippen LogP contribution in [0.1, 0.15) is 33.4 Å². The molecule has 5 aromatic rings. The van der Waals surface area contributed by atoms with E-state index in [0.29, 0.717) is 24.3 Å². The number of carbonyl (C=O) groups is 1. The van der Waals surface area contributed by atoms with Gasteiger partial charge < -0.3 is 15.0 Å². The Labute approximate surface area is 198 Å². The summed E-state index contributed by atoms with van der Waals surface area (Å²) in [5.41, 5.74) is 4.46. The Morgan fingerprint density at radius 1 is 0.794 bits per heavy atom.